The smallest absolute Gasteiger partial charge is 0.255 e. The molecule has 0 N–H and O–H groups in total. The van der Waals surface area contributed by atoms with E-state index in [1.165, 1.54) is 16.5 Å². The lowest BCUT2D eigenvalue weighted by Gasteiger charge is -2.33. The summed E-state index contributed by atoms with van der Waals surface area (Å²) in [6.07, 6.45) is 2.52. The van der Waals surface area contributed by atoms with E-state index in [9.17, 15) is 9.59 Å². The van der Waals surface area contributed by atoms with Gasteiger partial charge in [0.2, 0.25) is 0 Å². The highest BCUT2D eigenvalue weighted by Crippen LogP contribution is 2.33. The number of hydrogen-bond donors (Lipinski definition) is 0. The van der Waals surface area contributed by atoms with Gasteiger partial charge >= 0.3 is 0 Å². The van der Waals surface area contributed by atoms with Crippen LogP contribution in [0.2, 0.25) is 5.02 Å². The largest absolute Gasteiger partial charge is 0.331 e. The van der Waals surface area contributed by atoms with Crippen LogP contribution in [-0.2, 0) is 13.0 Å². The van der Waals surface area contributed by atoms with Crippen molar-refractivity contribution >= 4 is 28.8 Å². The molecule has 3 heterocycles. The maximum absolute atomic E-state index is 13.1. The summed E-state index contributed by atoms with van der Waals surface area (Å²) in [5.74, 6) is -0.0488. The Balaban J connectivity index is 1.62. The highest BCUT2D eigenvalue weighted by molar-refractivity contribution is 7.10. The normalized spacial score (nSPS) is 16.2. The van der Waals surface area contributed by atoms with Crippen molar-refractivity contribution in [1.29, 1.82) is 0 Å². The first-order valence-corrected chi connectivity index (χ1v) is 10.1. The van der Waals surface area contributed by atoms with Crippen molar-refractivity contribution in [2.75, 3.05) is 6.54 Å². The number of pyridine rings is 1. The van der Waals surface area contributed by atoms with Crippen LogP contribution in [0.1, 0.15) is 39.3 Å². The average molecular weight is 399 g/mol. The van der Waals surface area contributed by atoms with Gasteiger partial charge in [0.1, 0.15) is 0 Å². The molecule has 0 spiro atoms. The number of benzene rings is 1. The molecule has 1 aliphatic heterocycles. The molecule has 1 aromatic carbocycles. The third kappa shape index (κ3) is 3.45. The fourth-order valence-corrected chi connectivity index (χ4v) is 4.70. The number of hydrogen-bond acceptors (Lipinski definition) is 3. The minimum absolute atomic E-state index is 0.0384. The summed E-state index contributed by atoms with van der Waals surface area (Å²) in [6.45, 7) is 3.09. The van der Waals surface area contributed by atoms with Crippen molar-refractivity contribution in [3.8, 4) is 0 Å². The standard InChI is InChI=1S/C21H19ClN2O2S/c1-14-17-9-11-27-19(17)8-10-24(14)21(26)16-6-7-20(25)23(13-16)12-15-4-2-3-5-18(15)22/h2-7,9,11,13-14H,8,10,12H2,1H3. The van der Waals surface area contributed by atoms with Gasteiger partial charge in [-0.05, 0) is 48.1 Å². The van der Waals surface area contributed by atoms with Gasteiger partial charge in [-0.2, -0.15) is 0 Å². The first kappa shape index (κ1) is 18.0. The predicted molar refractivity (Wildman–Crippen MR) is 109 cm³/mol. The molecule has 1 atom stereocenters. The quantitative estimate of drug-likeness (QED) is 0.657. The van der Waals surface area contributed by atoms with E-state index in [1.807, 2.05) is 23.1 Å². The fraction of sp³-hybridized carbons (Fsp3) is 0.238. The van der Waals surface area contributed by atoms with Gasteiger partial charge in [0, 0.05) is 28.7 Å². The number of rotatable bonds is 3. The first-order valence-electron chi connectivity index (χ1n) is 8.85. The van der Waals surface area contributed by atoms with Crippen LogP contribution in [0.25, 0.3) is 0 Å². The van der Waals surface area contributed by atoms with Gasteiger partial charge in [0.05, 0.1) is 18.2 Å². The Morgan fingerprint density at radius 3 is 2.85 bits per heavy atom. The molecule has 0 radical (unpaired) electrons. The van der Waals surface area contributed by atoms with Crippen molar-refractivity contribution in [3.63, 3.8) is 0 Å². The van der Waals surface area contributed by atoms with E-state index in [-0.39, 0.29) is 17.5 Å². The second-order valence-electron chi connectivity index (χ2n) is 6.70. The number of aromatic nitrogens is 1. The van der Waals surface area contributed by atoms with Crippen LogP contribution in [0.5, 0.6) is 0 Å². The fourth-order valence-electron chi connectivity index (χ4n) is 3.54. The molecule has 0 fully saturated rings. The zero-order valence-corrected chi connectivity index (χ0v) is 16.5. The van der Waals surface area contributed by atoms with Crippen LogP contribution in [0, 0.1) is 0 Å². The van der Waals surface area contributed by atoms with E-state index < -0.39 is 0 Å². The molecule has 0 saturated carbocycles. The summed E-state index contributed by atoms with van der Waals surface area (Å²) in [5.41, 5.74) is 2.44. The predicted octanol–water partition coefficient (Wildman–Crippen LogP) is 4.37. The summed E-state index contributed by atoms with van der Waals surface area (Å²) < 4.78 is 1.54. The molecule has 0 saturated heterocycles. The summed E-state index contributed by atoms with van der Waals surface area (Å²) in [7, 11) is 0. The van der Waals surface area contributed by atoms with E-state index in [0.29, 0.717) is 23.7 Å². The molecule has 1 amide bonds. The van der Waals surface area contributed by atoms with Crippen LogP contribution in [-0.4, -0.2) is 21.9 Å². The van der Waals surface area contributed by atoms with Gasteiger partial charge in [-0.15, -0.1) is 11.3 Å². The summed E-state index contributed by atoms with van der Waals surface area (Å²) >= 11 is 7.97. The van der Waals surface area contributed by atoms with Crippen LogP contribution in [0.4, 0.5) is 0 Å². The maximum Gasteiger partial charge on any atom is 0.255 e. The third-order valence-corrected chi connectivity index (χ3v) is 6.43. The Labute approximate surface area is 166 Å². The second kappa shape index (κ2) is 7.33. The average Bonchev–Trinajstić information content (AvgIpc) is 3.15. The Bertz CT molecular complexity index is 1060. The van der Waals surface area contributed by atoms with Crippen molar-refractivity contribution < 1.29 is 4.79 Å². The lowest BCUT2D eigenvalue weighted by Crippen LogP contribution is -2.38. The molecule has 0 aliphatic carbocycles. The van der Waals surface area contributed by atoms with Crippen molar-refractivity contribution in [2.45, 2.75) is 25.9 Å². The van der Waals surface area contributed by atoms with Crippen molar-refractivity contribution in [3.05, 3.63) is 91.0 Å². The lowest BCUT2D eigenvalue weighted by molar-refractivity contribution is 0.0678. The molecule has 0 bridgehead atoms. The molecule has 2 aromatic heterocycles. The van der Waals surface area contributed by atoms with E-state index in [2.05, 4.69) is 18.4 Å². The van der Waals surface area contributed by atoms with Crippen molar-refractivity contribution in [2.24, 2.45) is 0 Å². The van der Waals surface area contributed by atoms with Gasteiger partial charge in [0.25, 0.3) is 11.5 Å². The highest BCUT2D eigenvalue weighted by Gasteiger charge is 2.29. The molecule has 1 aliphatic rings. The Morgan fingerprint density at radius 1 is 1.22 bits per heavy atom. The topological polar surface area (TPSA) is 42.3 Å². The van der Waals surface area contributed by atoms with E-state index in [1.54, 1.807) is 34.2 Å². The highest BCUT2D eigenvalue weighted by atomic mass is 35.5. The molecule has 4 rings (SSSR count). The summed E-state index contributed by atoms with van der Waals surface area (Å²) in [6, 6.07) is 12.6. The molecule has 1 unspecified atom stereocenters. The molecule has 27 heavy (non-hydrogen) atoms. The number of nitrogens with zero attached hydrogens (tertiary/aromatic N) is 2. The van der Waals surface area contributed by atoms with E-state index in [0.717, 1.165) is 12.0 Å². The number of carbonyl (C=O) groups excluding carboxylic acids is 1. The maximum atomic E-state index is 13.1. The van der Waals surface area contributed by atoms with Crippen LogP contribution in [0.3, 0.4) is 0 Å². The van der Waals surface area contributed by atoms with Gasteiger partial charge in [-0.3, -0.25) is 9.59 Å². The van der Waals surface area contributed by atoms with Gasteiger partial charge in [0.15, 0.2) is 0 Å². The zero-order valence-electron chi connectivity index (χ0n) is 14.9. The molecule has 3 aromatic rings. The van der Waals surface area contributed by atoms with Crippen LogP contribution in [0.15, 0.2) is 58.8 Å². The molecular weight excluding hydrogens is 380 g/mol. The second-order valence-corrected chi connectivity index (χ2v) is 8.11. The molecule has 4 nitrogen and oxygen atoms in total. The number of halogens is 1. The molecule has 138 valence electrons. The van der Waals surface area contributed by atoms with Gasteiger partial charge in [-0.1, -0.05) is 29.8 Å². The van der Waals surface area contributed by atoms with Crippen molar-refractivity contribution in [1.82, 2.24) is 9.47 Å². The van der Waals surface area contributed by atoms with E-state index in [4.69, 9.17) is 11.6 Å². The Kier molecular flexibility index (Phi) is 4.89. The minimum Gasteiger partial charge on any atom is -0.331 e. The Morgan fingerprint density at radius 2 is 2.04 bits per heavy atom. The summed E-state index contributed by atoms with van der Waals surface area (Å²) in [4.78, 5) is 28.6. The minimum atomic E-state index is -0.154. The summed E-state index contributed by atoms with van der Waals surface area (Å²) in [5, 5.41) is 2.69. The number of amides is 1. The number of thiophene rings is 1. The third-order valence-electron chi connectivity index (χ3n) is 5.07. The molecule has 6 heteroatoms. The SMILES string of the molecule is CC1c2ccsc2CCN1C(=O)c1ccc(=O)n(Cc2ccccc2Cl)c1. The zero-order chi connectivity index (χ0) is 19.0. The number of fused-ring (bicyclic) bond motifs is 1. The van der Waals surface area contributed by atoms with Gasteiger partial charge < -0.3 is 9.47 Å². The van der Waals surface area contributed by atoms with E-state index >= 15 is 0 Å². The monoisotopic (exact) mass is 398 g/mol. The Hall–Kier alpha value is -2.37. The van der Waals surface area contributed by atoms with Crippen LogP contribution < -0.4 is 5.56 Å². The number of carbonyl (C=O) groups is 1. The van der Waals surface area contributed by atoms with Crippen LogP contribution >= 0.6 is 22.9 Å². The first-order chi connectivity index (χ1) is 13.0. The molecular formula is C21H19ClN2O2S. The lowest BCUT2D eigenvalue weighted by atomic mass is 10.0. The van der Waals surface area contributed by atoms with Gasteiger partial charge in [-0.25, -0.2) is 0 Å².